The number of rotatable bonds is 7. The third kappa shape index (κ3) is 5.02. The number of carbonyl (C=O) groups excluding carboxylic acids is 1. The lowest BCUT2D eigenvalue weighted by atomic mass is 9.85. The van der Waals surface area contributed by atoms with Gasteiger partial charge in [-0.15, -0.1) is 0 Å². The zero-order chi connectivity index (χ0) is 23.2. The Labute approximate surface area is 196 Å². The van der Waals surface area contributed by atoms with E-state index in [1.54, 1.807) is 0 Å². The Balaban J connectivity index is 1.78. The van der Waals surface area contributed by atoms with Crippen molar-refractivity contribution >= 4 is 5.97 Å². The van der Waals surface area contributed by atoms with Crippen LogP contribution in [-0.4, -0.2) is 13.1 Å². The Morgan fingerprint density at radius 2 is 1.30 bits per heavy atom. The molecule has 33 heavy (non-hydrogen) atoms. The molecule has 0 saturated heterocycles. The smallest absolute Gasteiger partial charge is 0.306 e. The molecule has 1 aliphatic heterocycles. The predicted octanol–water partition coefficient (Wildman–Crippen LogP) is 7.03. The summed E-state index contributed by atoms with van der Waals surface area (Å²) in [7, 11) is 1.43. The molecule has 4 heteroatoms. The first-order valence-corrected chi connectivity index (χ1v) is 11.8. The van der Waals surface area contributed by atoms with Crippen LogP contribution >= 0.6 is 0 Å². The molecule has 0 radical (unpaired) electrons. The Morgan fingerprint density at radius 1 is 0.788 bits per heavy atom. The zero-order valence-electron chi connectivity index (χ0n) is 19.6. The first-order chi connectivity index (χ1) is 16.2. The van der Waals surface area contributed by atoms with Crippen molar-refractivity contribution in [2.24, 2.45) is 0 Å². The second-order valence-corrected chi connectivity index (χ2v) is 8.40. The minimum atomic E-state index is -0.535. The van der Waals surface area contributed by atoms with Gasteiger partial charge in [-0.3, -0.25) is 4.79 Å². The van der Waals surface area contributed by atoms with Crippen molar-refractivity contribution in [3.63, 3.8) is 0 Å². The maximum Gasteiger partial charge on any atom is 0.306 e. The lowest BCUT2D eigenvalue weighted by molar-refractivity contribution is -0.195. The van der Waals surface area contributed by atoms with E-state index in [0.717, 1.165) is 29.5 Å². The number of esters is 1. The number of hydrogen-bond donors (Lipinski definition) is 0. The molecule has 1 heterocycles. The molecule has 4 nitrogen and oxygen atoms in total. The molecule has 0 aromatic heterocycles. The van der Waals surface area contributed by atoms with Crippen LogP contribution < -0.4 is 0 Å². The van der Waals surface area contributed by atoms with Gasteiger partial charge in [0.15, 0.2) is 6.29 Å². The van der Waals surface area contributed by atoms with Gasteiger partial charge in [-0.2, -0.15) is 0 Å². The molecule has 0 spiro atoms. The minimum absolute atomic E-state index is 0.0633. The van der Waals surface area contributed by atoms with Crippen LogP contribution in [-0.2, 0) is 19.0 Å². The van der Waals surface area contributed by atoms with Gasteiger partial charge < -0.3 is 14.2 Å². The summed E-state index contributed by atoms with van der Waals surface area (Å²) >= 11 is 0. The fraction of sp³-hybridized carbons (Fsp3) is 0.345. The largest absolute Gasteiger partial charge is 0.469 e. The van der Waals surface area contributed by atoms with Crippen LogP contribution in [0.3, 0.4) is 0 Å². The number of fused-ring (bicyclic) bond motifs is 1. The molecule has 3 aromatic carbocycles. The monoisotopic (exact) mass is 444 g/mol. The molecule has 0 amide bonds. The van der Waals surface area contributed by atoms with Gasteiger partial charge >= 0.3 is 5.97 Å². The van der Waals surface area contributed by atoms with E-state index < -0.39 is 6.29 Å². The van der Waals surface area contributed by atoms with Gasteiger partial charge in [0.25, 0.3) is 0 Å². The van der Waals surface area contributed by atoms with Crippen molar-refractivity contribution in [3.05, 3.63) is 107 Å². The summed E-state index contributed by atoms with van der Waals surface area (Å²) in [5.74, 6) is -0.403. The van der Waals surface area contributed by atoms with Crippen LogP contribution in [0.5, 0.6) is 0 Å². The molecule has 4 rings (SSSR count). The van der Waals surface area contributed by atoms with Crippen molar-refractivity contribution in [1.82, 2.24) is 0 Å². The molecule has 0 saturated carbocycles. The molecule has 172 valence electrons. The maximum absolute atomic E-state index is 12.4. The topological polar surface area (TPSA) is 44.8 Å². The van der Waals surface area contributed by atoms with Gasteiger partial charge in [-0.1, -0.05) is 92.7 Å². The third-order valence-electron chi connectivity index (χ3n) is 6.43. The van der Waals surface area contributed by atoms with Crippen molar-refractivity contribution in [2.45, 2.75) is 57.5 Å². The van der Waals surface area contributed by atoms with E-state index in [0.29, 0.717) is 0 Å². The molecule has 1 aliphatic rings. The second-order valence-electron chi connectivity index (χ2n) is 8.40. The summed E-state index contributed by atoms with van der Waals surface area (Å²) in [6.07, 6.45) is 1.28. The van der Waals surface area contributed by atoms with Gasteiger partial charge in [0.1, 0.15) is 0 Å². The zero-order valence-corrected chi connectivity index (χ0v) is 19.6. The van der Waals surface area contributed by atoms with Gasteiger partial charge in [-0.25, -0.2) is 0 Å². The number of hydrogen-bond acceptors (Lipinski definition) is 4. The van der Waals surface area contributed by atoms with Crippen molar-refractivity contribution < 1.29 is 19.0 Å². The SMILES string of the molecule is CC[C@@H]1OC(c2ccccc2C(CC(=O)OC)c2ccccc2)O[C@@H](CC)c2ccccc21. The standard InChI is InChI=1S/C29H32O4/c1-4-26-22-16-10-11-17-23(22)27(5-2)33-29(32-26)24-18-12-9-15-21(24)25(19-28(30)31-3)20-13-7-6-8-14-20/h6-18,25-27,29H,4-5,19H2,1-3H3/t25?,26-,27-/m0/s1. The fourth-order valence-corrected chi connectivity index (χ4v) is 4.74. The van der Waals surface area contributed by atoms with E-state index >= 15 is 0 Å². The molecular formula is C29H32O4. The highest BCUT2D eigenvalue weighted by atomic mass is 16.7. The van der Waals surface area contributed by atoms with E-state index in [1.807, 2.05) is 30.3 Å². The van der Waals surface area contributed by atoms with Crippen LogP contribution in [0.4, 0.5) is 0 Å². The Kier molecular flexibility index (Phi) is 7.58. The summed E-state index contributed by atoms with van der Waals surface area (Å²) in [5.41, 5.74) is 5.43. The quantitative estimate of drug-likeness (QED) is 0.367. The molecular weight excluding hydrogens is 412 g/mol. The molecule has 0 bridgehead atoms. The lowest BCUT2D eigenvalue weighted by Crippen LogP contribution is -2.17. The maximum atomic E-state index is 12.4. The molecule has 1 unspecified atom stereocenters. The normalized spacial score (nSPS) is 19.4. The van der Waals surface area contributed by atoms with Gasteiger partial charge in [0.2, 0.25) is 0 Å². The van der Waals surface area contributed by atoms with Crippen LogP contribution in [0.15, 0.2) is 78.9 Å². The lowest BCUT2D eigenvalue weighted by Gasteiger charge is -2.28. The average molecular weight is 445 g/mol. The van der Waals surface area contributed by atoms with E-state index in [-0.39, 0.29) is 30.5 Å². The average Bonchev–Trinajstić information content (AvgIpc) is 3.04. The molecule has 3 atom stereocenters. The summed E-state index contributed by atoms with van der Waals surface area (Å²) in [5, 5.41) is 0. The van der Waals surface area contributed by atoms with Crippen molar-refractivity contribution in [2.75, 3.05) is 7.11 Å². The van der Waals surface area contributed by atoms with Crippen LogP contribution in [0, 0.1) is 0 Å². The third-order valence-corrected chi connectivity index (χ3v) is 6.43. The Morgan fingerprint density at radius 3 is 1.85 bits per heavy atom. The number of carbonyl (C=O) groups is 1. The fourth-order valence-electron chi connectivity index (χ4n) is 4.74. The summed E-state index contributed by atoms with van der Waals surface area (Å²) in [4.78, 5) is 12.4. The van der Waals surface area contributed by atoms with Gasteiger partial charge in [0.05, 0.1) is 25.7 Å². The summed E-state index contributed by atoms with van der Waals surface area (Å²) in [6, 6.07) is 26.6. The highest BCUT2D eigenvalue weighted by molar-refractivity contribution is 5.71. The first kappa shape index (κ1) is 23.2. The van der Waals surface area contributed by atoms with Gasteiger partial charge in [-0.05, 0) is 35.1 Å². The van der Waals surface area contributed by atoms with Crippen LogP contribution in [0.2, 0.25) is 0 Å². The molecule has 3 aromatic rings. The molecule has 0 fully saturated rings. The van der Waals surface area contributed by atoms with E-state index in [4.69, 9.17) is 14.2 Å². The molecule has 0 aliphatic carbocycles. The van der Waals surface area contributed by atoms with Crippen LogP contribution in [0.25, 0.3) is 0 Å². The first-order valence-electron chi connectivity index (χ1n) is 11.8. The number of ether oxygens (including phenoxy) is 3. The highest BCUT2D eigenvalue weighted by Gasteiger charge is 2.33. The summed E-state index contributed by atoms with van der Waals surface area (Å²) < 4.78 is 18.3. The highest BCUT2D eigenvalue weighted by Crippen LogP contribution is 2.44. The predicted molar refractivity (Wildman–Crippen MR) is 129 cm³/mol. The minimum Gasteiger partial charge on any atom is -0.469 e. The number of methoxy groups -OCH3 is 1. The summed E-state index contributed by atoms with van der Waals surface area (Å²) in [6.45, 7) is 4.28. The van der Waals surface area contributed by atoms with Crippen LogP contribution in [0.1, 0.15) is 85.3 Å². The Hall–Kier alpha value is -2.95. The van der Waals surface area contributed by atoms with Crippen molar-refractivity contribution in [1.29, 1.82) is 0 Å². The Bertz CT molecular complexity index is 1030. The molecule has 0 N–H and O–H groups in total. The van der Waals surface area contributed by atoms with E-state index in [1.165, 1.54) is 18.2 Å². The van der Waals surface area contributed by atoms with Crippen molar-refractivity contribution in [3.8, 4) is 0 Å². The van der Waals surface area contributed by atoms with Gasteiger partial charge in [0, 0.05) is 11.5 Å². The number of benzene rings is 3. The van der Waals surface area contributed by atoms with E-state index in [9.17, 15) is 4.79 Å². The second kappa shape index (κ2) is 10.8. The van der Waals surface area contributed by atoms with E-state index in [2.05, 4.69) is 62.4 Å².